The molecule has 3 unspecified atom stereocenters. The Labute approximate surface area is 124 Å². The summed E-state index contributed by atoms with van der Waals surface area (Å²) >= 11 is 0. The zero-order valence-electron chi connectivity index (χ0n) is 13.5. The zero-order valence-corrected chi connectivity index (χ0v) is 13.5. The van der Waals surface area contributed by atoms with E-state index < -0.39 is 0 Å². The number of piperidine rings is 1. The van der Waals surface area contributed by atoms with Gasteiger partial charge in [0.15, 0.2) is 0 Å². The predicted octanol–water partition coefficient (Wildman–Crippen LogP) is 2.31. The van der Waals surface area contributed by atoms with E-state index in [4.69, 9.17) is 5.73 Å². The number of likely N-dealkylation sites (tertiary alicyclic amines) is 1. The second-order valence-corrected chi connectivity index (χ2v) is 7.79. The van der Waals surface area contributed by atoms with Gasteiger partial charge in [-0.25, -0.2) is 0 Å². The molecule has 20 heavy (non-hydrogen) atoms. The van der Waals surface area contributed by atoms with E-state index in [0.29, 0.717) is 5.54 Å². The van der Waals surface area contributed by atoms with Gasteiger partial charge in [-0.3, -0.25) is 4.90 Å². The largest absolute Gasteiger partial charge is 0.329 e. The van der Waals surface area contributed by atoms with Gasteiger partial charge in [0.1, 0.15) is 0 Å². The van der Waals surface area contributed by atoms with E-state index in [9.17, 15) is 0 Å². The molecule has 3 aliphatic rings. The molecule has 2 saturated carbocycles. The Morgan fingerprint density at radius 1 is 1.15 bits per heavy atom. The van der Waals surface area contributed by atoms with Crippen LogP contribution in [0.5, 0.6) is 0 Å². The highest BCUT2D eigenvalue weighted by atomic mass is 15.3. The van der Waals surface area contributed by atoms with Gasteiger partial charge in [0, 0.05) is 24.7 Å². The molecule has 1 saturated heterocycles. The van der Waals surface area contributed by atoms with E-state index in [-0.39, 0.29) is 0 Å². The second-order valence-electron chi connectivity index (χ2n) is 7.79. The Morgan fingerprint density at radius 2 is 1.95 bits per heavy atom. The van der Waals surface area contributed by atoms with Crippen molar-refractivity contribution in [1.29, 1.82) is 0 Å². The van der Waals surface area contributed by atoms with Crippen molar-refractivity contribution in [3.8, 4) is 0 Å². The van der Waals surface area contributed by atoms with Crippen LogP contribution in [0, 0.1) is 11.8 Å². The van der Waals surface area contributed by atoms with Crippen LogP contribution in [0.1, 0.15) is 51.4 Å². The Morgan fingerprint density at radius 3 is 2.60 bits per heavy atom. The van der Waals surface area contributed by atoms with Crippen molar-refractivity contribution in [3.05, 3.63) is 0 Å². The van der Waals surface area contributed by atoms with E-state index in [2.05, 4.69) is 23.9 Å². The van der Waals surface area contributed by atoms with Crippen LogP contribution in [0.4, 0.5) is 0 Å². The minimum Gasteiger partial charge on any atom is -0.329 e. The van der Waals surface area contributed by atoms with Crippen LogP contribution in [0.3, 0.4) is 0 Å². The van der Waals surface area contributed by atoms with Crippen molar-refractivity contribution in [2.75, 3.05) is 33.7 Å². The molecule has 116 valence electrons. The fourth-order valence-corrected chi connectivity index (χ4v) is 4.85. The van der Waals surface area contributed by atoms with E-state index >= 15 is 0 Å². The first-order valence-corrected chi connectivity index (χ1v) is 8.76. The first-order valence-electron chi connectivity index (χ1n) is 8.76. The maximum absolute atomic E-state index is 6.31. The van der Waals surface area contributed by atoms with Gasteiger partial charge < -0.3 is 10.6 Å². The van der Waals surface area contributed by atoms with E-state index in [1.54, 1.807) is 0 Å². The average Bonchev–Trinajstić information content (AvgIpc) is 3.31. The van der Waals surface area contributed by atoms with Crippen LogP contribution >= 0.6 is 0 Å². The highest BCUT2D eigenvalue weighted by molar-refractivity contribution is 5.01. The summed E-state index contributed by atoms with van der Waals surface area (Å²) in [6.45, 7) is 3.35. The predicted molar refractivity (Wildman–Crippen MR) is 84.7 cm³/mol. The third-order valence-electron chi connectivity index (χ3n) is 6.42. The molecule has 2 aliphatic carbocycles. The summed E-state index contributed by atoms with van der Waals surface area (Å²) in [4.78, 5) is 5.20. The molecule has 2 N–H and O–H groups in total. The molecule has 3 fully saturated rings. The van der Waals surface area contributed by atoms with Gasteiger partial charge in [-0.05, 0) is 71.0 Å². The molecule has 3 atom stereocenters. The second kappa shape index (κ2) is 5.94. The van der Waals surface area contributed by atoms with Gasteiger partial charge in [-0.2, -0.15) is 0 Å². The summed E-state index contributed by atoms with van der Waals surface area (Å²) in [6, 6.07) is 0.718. The minimum atomic E-state index is 0.300. The van der Waals surface area contributed by atoms with E-state index in [1.807, 2.05) is 0 Å². The van der Waals surface area contributed by atoms with Crippen LogP contribution in [-0.2, 0) is 0 Å². The Kier molecular flexibility index (Phi) is 4.40. The maximum atomic E-state index is 6.31. The van der Waals surface area contributed by atoms with Crippen molar-refractivity contribution >= 4 is 0 Å². The average molecular weight is 279 g/mol. The molecule has 0 bridgehead atoms. The number of likely N-dealkylation sites (N-methyl/N-ethyl adjacent to an activating group) is 2. The number of hydrogen-bond acceptors (Lipinski definition) is 3. The molecule has 0 radical (unpaired) electrons. The lowest BCUT2D eigenvalue weighted by Crippen LogP contribution is -2.61. The van der Waals surface area contributed by atoms with Crippen molar-refractivity contribution in [3.63, 3.8) is 0 Å². The number of rotatable bonds is 4. The van der Waals surface area contributed by atoms with Gasteiger partial charge in [0.25, 0.3) is 0 Å². The first kappa shape index (κ1) is 14.8. The fraction of sp³-hybridized carbons (Fsp3) is 1.00. The maximum Gasteiger partial charge on any atom is 0.0334 e. The lowest BCUT2D eigenvalue weighted by molar-refractivity contribution is -0.00289. The van der Waals surface area contributed by atoms with Gasteiger partial charge in [0.05, 0.1) is 0 Å². The van der Waals surface area contributed by atoms with Gasteiger partial charge >= 0.3 is 0 Å². The molecular formula is C17H33N3. The van der Waals surface area contributed by atoms with Crippen molar-refractivity contribution in [2.45, 2.75) is 62.9 Å². The Bertz CT molecular complexity index is 328. The third kappa shape index (κ3) is 2.90. The molecule has 3 heteroatoms. The molecule has 1 aliphatic heterocycles. The number of nitrogens with two attached hydrogens (primary N) is 1. The van der Waals surface area contributed by atoms with Crippen LogP contribution in [0.15, 0.2) is 0 Å². The Balaban J connectivity index is 1.69. The topological polar surface area (TPSA) is 32.5 Å². The quantitative estimate of drug-likeness (QED) is 0.857. The Hall–Kier alpha value is -0.120. The van der Waals surface area contributed by atoms with Gasteiger partial charge in [-0.1, -0.05) is 12.8 Å². The van der Waals surface area contributed by atoms with Crippen LogP contribution < -0.4 is 5.73 Å². The van der Waals surface area contributed by atoms with Crippen molar-refractivity contribution < 1.29 is 0 Å². The van der Waals surface area contributed by atoms with Crippen LogP contribution in [0.25, 0.3) is 0 Å². The summed E-state index contributed by atoms with van der Waals surface area (Å²) in [5, 5.41) is 0. The molecule has 0 aromatic carbocycles. The molecular weight excluding hydrogens is 246 g/mol. The van der Waals surface area contributed by atoms with Crippen molar-refractivity contribution in [2.24, 2.45) is 17.6 Å². The molecule has 0 aromatic rings. The van der Waals surface area contributed by atoms with E-state index in [1.165, 1.54) is 64.5 Å². The summed E-state index contributed by atoms with van der Waals surface area (Å²) in [5.74, 6) is 2.01. The summed E-state index contributed by atoms with van der Waals surface area (Å²) in [6.07, 6.45) is 11.2. The minimum absolute atomic E-state index is 0.300. The van der Waals surface area contributed by atoms with Crippen LogP contribution in [-0.4, -0.2) is 55.1 Å². The highest BCUT2D eigenvalue weighted by Crippen LogP contribution is 2.48. The number of hydrogen-bond donors (Lipinski definition) is 1. The standard InChI is InChI=1S/C17H33N3/c1-19-10-4-6-16(12-19)20(2)17(13-18)9-3-5-15(11-17)14-7-8-14/h14-16H,3-13,18H2,1-2H3. The monoisotopic (exact) mass is 279 g/mol. The lowest BCUT2D eigenvalue weighted by Gasteiger charge is -2.51. The SMILES string of the molecule is CN1CCCC(N(C)C2(CN)CCCC(C3CC3)C2)C1. The molecule has 3 nitrogen and oxygen atoms in total. The highest BCUT2D eigenvalue weighted by Gasteiger charge is 2.45. The molecule has 0 spiro atoms. The molecule has 1 heterocycles. The summed E-state index contributed by atoms with van der Waals surface area (Å²) < 4.78 is 0. The van der Waals surface area contributed by atoms with Gasteiger partial charge in [-0.15, -0.1) is 0 Å². The molecule has 0 amide bonds. The molecule has 3 rings (SSSR count). The fourth-order valence-electron chi connectivity index (χ4n) is 4.85. The lowest BCUT2D eigenvalue weighted by atomic mass is 9.72. The zero-order chi connectivity index (χ0) is 14.2. The van der Waals surface area contributed by atoms with Crippen LogP contribution in [0.2, 0.25) is 0 Å². The molecule has 0 aromatic heterocycles. The third-order valence-corrected chi connectivity index (χ3v) is 6.42. The van der Waals surface area contributed by atoms with Crippen molar-refractivity contribution in [1.82, 2.24) is 9.80 Å². The summed E-state index contributed by atoms with van der Waals surface area (Å²) in [7, 11) is 4.63. The normalized spacial score (nSPS) is 40.2. The van der Waals surface area contributed by atoms with E-state index in [0.717, 1.165) is 24.4 Å². The number of nitrogens with zero attached hydrogens (tertiary/aromatic N) is 2. The smallest absolute Gasteiger partial charge is 0.0334 e. The van der Waals surface area contributed by atoms with Gasteiger partial charge in [0.2, 0.25) is 0 Å². The summed E-state index contributed by atoms with van der Waals surface area (Å²) in [5.41, 5.74) is 6.61. The first-order chi connectivity index (χ1) is 9.64.